The van der Waals surface area contributed by atoms with E-state index in [-0.39, 0.29) is 31.1 Å². The van der Waals surface area contributed by atoms with Gasteiger partial charge < -0.3 is 15.3 Å². The summed E-state index contributed by atoms with van der Waals surface area (Å²) in [5.74, 6) is -0.152. The number of rotatable bonds is 9. The van der Waals surface area contributed by atoms with Crippen molar-refractivity contribution < 1.29 is 14.7 Å². The van der Waals surface area contributed by atoms with Crippen LogP contribution in [-0.2, 0) is 11.3 Å². The number of carbonyl (C=O) groups excluding carboxylic acids is 1. The molecule has 3 rings (SSSR count). The van der Waals surface area contributed by atoms with Crippen LogP contribution in [0.15, 0.2) is 66.0 Å². The molecule has 0 radical (unpaired) electrons. The Hall–Kier alpha value is -3.65. The van der Waals surface area contributed by atoms with E-state index in [1.54, 1.807) is 22.8 Å². The van der Waals surface area contributed by atoms with Crippen LogP contribution in [0.5, 0.6) is 0 Å². The van der Waals surface area contributed by atoms with Gasteiger partial charge in [0.25, 0.3) is 5.56 Å². The zero-order chi connectivity index (χ0) is 24.8. The molecule has 0 aliphatic carbocycles. The van der Waals surface area contributed by atoms with Crippen LogP contribution in [0.1, 0.15) is 31.3 Å². The Bertz CT molecular complexity index is 1260. The fourth-order valence-electron chi connectivity index (χ4n) is 3.94. The van der Waals surface area contributed by atoms with Crippen molar-refractivity contribution in [2.45, 2.75) is 26.4 Å². The highest BCUT2D eigenvalue weighted by molar-refractivity contribution is 6.31. The van der Waals surface area contributed by atoms with Crippen molar-refractivity contribution in [2.24, 2.45) is 5.92 Å². The number of benzene rings is 2. The SMILES string of the molecule is C=CC(=O)N(CCNC(=O)O)C(c1nc2cc(Cl)ccc2c(=O)n1Cc1ccccc1)C(C)C. The number of aromatic nitrogens is 2. The van der Waals surface area contributed by atoms with Crippen LogP contribution in [0.25, 0.3) is 10.9 Å². The predicted octanol–water partition coefficient (Wildman–Crippen LogP) is 4.08. The van der Waals surface area contributed by atoms with Gasteiger partial charge in [-0.15, -0.1) is 0 Å². The molecule has 0 saturated carbocycles. The van der Waals surface area contributed by atoms with Gasteiger partial charge in [-0.2, -0.15) is 0 Å². The molecule has 8 nitrogen and oxygen atoms in total. The van der Waals surface area contributed by atoms with E-state index >= 15 is 0 Å². The third kappa shape index (κ3) is 5.63. The van der Waals surface area contributed by atoms with Crippen molar-refractivity contribution in [3.63, 3.8) is 0 Å². The van der Waals surface area contributed by atoms with E-state index in [1.165, 1.54) is 11.0 Å². The summed E-state index contributed by atoms with van der Waals surface area (Å²) in [6, 6.07) is 13.8. The number of carbonyl (C=O) groups is 2. The Balaban J connectivity index is 2.23. The Morgan fingerprint density at radius 3 is 2.56 bits per heavy atom. The number of nitrogens with zero attached hydrogens (tertiary/aromatic N) is 3. The second kappa shape index (κ2) is 11.0. The van der Waals surface area contributed by atoms with E-state index in [1.807, 2.05) is 44.2 Å². The zero-order valence-electron chi connectivity index (χ0n) is 19.1. The van der Waals surface area contributed by atoms with Crippen molar-refractivity contribution >= 4 is 34.5 Å². The standard InChI is InChI=1S/C25H27ClN4O4/c1-4-21(31)29(13-12-27-25(33)34)22(16(2)3)23-28-20-14-18(26)10-11-19(20)24(32)30(23)15-17-8-6-5-7-9-17/h4-11,14,16,22,27H,1,12-13,15H2,2-3H3,(H,33,34). The van der Waals surface area contributed by atoms with Gasteiger partial charge in [-0.3, -0.25) is 14.2 Å². The minimum Gasteiger partial charge on any atom is -0.465 e. The monoisotopic (exact) mass is 482 g/mol. The molecule has 1 aromatic heterocycles. The van der Waals surface area contributed by atoms with Gasteiger partial charge in [0.15, 0.2) is 0 Å². The summed E-state index contributed by atoms with van der Waals surface area (Å²) in [6.45, 7) is 7.78. The maximum Gasteiger partial charge on any atom is 0.404 e. The number of hydrogen-bond donors (Lipinski definition) is 2. The van der Waals surface area contributed by atoms with E-state index in [0.717, 1.165) is 5.56 Å². The molecule has 0 saturated heterocycles. The Morgan fingerprint density at radius 2 is 1.94 bits per heavy atom. The molecule has 0 bridgehead atoms. The molecule has 9 heteroatoms. The largest absolute Gasteiger partial charge is 0.465 e. The third-order valence-corrected chi connectivity index (χ3v) is 5.68. The topological polar surface area (TPSA) is 105 Å². The molecule has 0 aliphatic rings. The van der Waals surface area contributed by atoms with E-state index < -0.39 is 18.0 Å². The Morgan fingerprint density at radius 1 is 1.24 bits per heavy atom. The first-order chi connectivity index (χ1) is 16.2. The molecule has 2 N–H and O–H groups in total. The molecule has 1 atom stereocenters. The smallest absolute Gasteiger partial charge is 0.404 e. The normalized spacial score (nSPS) is 11.9. The van der Waals surface area contributed by atoms with Gasteiger partial charge >= 0.3 is 6.09 Å². The van der Waals surface area contributed by atoms with Gasteiger partial charge in [0, 0.05) is 18.1 Å². The van der Waals surface area contributed by atoms with E-state index in [2.05, 4.69) is 11.9 Å². The highest BCUT2D eigenvalue weighted by Gasteiger charge is 2.31. The summed E-state index contributed by atoms with van der Waals surface area (Å²) in [5, 5.41) is 12.1. The molecular weight excluding hydrogens is 456 g/mol. The molecule has 0 fully saturated rings. The number of carboxylic acid groups (broad SMARTS) is 1. The van der Waals surface area contributed by atoms with Crippen LogP contribution in [0.4, 0.5) is 4.79 Å². The van der Waals surface area contributed by atoms with Crippen molar-refractivity contribution in [1.82, 2.24) is 19.8 Å². The fraction of sp³-hybridized carbons (Fsp3) is 0.280. The highest BCUT2D eigenvalue weighted by atomic mass is 35.5. The van der Waals surface area contributed by atoms with Crippen LogP contribution in [-0.4, -0.2) is 44.6 Å². The highest BCUT2D eigenvalue weighted by Crippen LogP contribution is 2.29. The van der Waals surface area contributed by atoms with Crippen LogP contribution in [0, 0.1) is 5.92 Å². The molecular formula is C25H27ClN4O4. The minimum absolute atomic E-state index is 0.0143. The lowest BCUT2D eigenvalue weighted by Gasteiger charge is -2.34. The molecule has 2 amide bonds. The summed E-state index contributed by atoms with van der Waals surface area (Å²) in [4.78, 5) is 43.8. The quantitative estimate of drug-likeness (QED) is 0.447. The Labute approximate surface area is 202 Å². The van der Waals surface area contributed by atoms with Crippen molar-refractivity contribution in [3.8, 4) is 0 Å². The van der Waals surface area contributed by atoms with Gasteiger partial charge in [-0.25, -0.2) is 9.78 Å². The van der Waals surface area contributed by atoms with E-state index in [0.29, 0.717) is 21.7 Å². The lowest BCUT2D eigenvalue weighted by molar-refractivity contribution is -0.129. The van der Waals surface area contributed by atoms with E-state index in [9.17, 15) is 14.4 Å². The zero-order valence-corrected chi connectivity index (χ0v) is 19.8. The van der Waals surface area contributed by atoms with Gasteiger partial charge in [-0.1, -0.05) is 62.4 Å². The number of amides is 2. The van der Waals surface area contributed by atoms with Crippen molar-refractivity contribution in [2.75, 3.05) is 13.1 Å². The van der Waals surface area contributed by atoms with Crippen LogP contribution in [0.2, 0.25) is 5.02 Å². The summed E-state index contributed by atoms with van der Waals surface area (Å²) >= 11 is 6.18. The first-order valence-corrected chi connectivity index (χ1v) is 11.2. The fourth-order valence-corrected chi connectivity index (χ4v) is 4.11. The average Bonchev–Trinajstić information content (AvgIpc) is 2.80. The lowest BCUT2D eigenvalue weighted by atomic mass is 10.00. The average molecular weight is 483 g/mol. The Kier molecular flexibility index (Phi) is 8.07. The minimum atomic E-state index is -1.19. The van der Waals surface area contributed by atoms with Crippen molar-refractivity contribution in [3.05, 3.63) is 88.0 Å². The third-order valence-electron chi connectivity index (χ3n) is 5.45. The molecule has 1 heterocycles. The van der Waals surface area contributed by atoms with Crippen molar-refractivity contribution in [1.29, 1.82) is 0 Å². The lowest BCUT2D eigenvalue weighted by Crippen LogP contribution is -2.44. The first kappa shape index (κ1) is 25.0. The van der Waals surface area contributed by atoms with Crippen LogP contribution in [0.3, 0.4) is 0 Å². The van der Waals surface area contributed by atoms with Crippen LogP contribution < -0.4 is 10.9 Å². The number of nitrogens with one attached hydrogen (secondary N) is 1. The molecule has 34 heavy (non-hydrogen) atoms. The van der Waals surface area contributed by atoms with Gasteiger partial charge in [0.1, 0.15) is 5.82 Å². The number of halogens is 1. The summed E-state index contributed by atoms with van der Waals surface area (Å²) in [5.41, 5.74) is 1.08. The van der Waals surface area contributed by atoms with Gasteiger partial charge in [0.2, 0.25) is 5.91 Å². The second-order valence-electron chi connectivity index (χ2n) is 8.16. The summed E-state index contributed by atoms with van der Waals surface area (Å²) < 4.78 is 1.57. The molecule has 3 aromatic rings. The first-order valence-electron chi connectivity index (χ1n) is 10.9. The van der Waals surface area contributed by atoms with E-state index in [4.69, 9.17) is 21.7 Å². The predicted molar refractivity (Wildman–Crippen MR) is 132 cm³/mol. The van der Waals surface area contributed by atoms with Gasteiger partial charge in [0.05, 0.1) is 23.5 Å². The number of fused-ring (bicyclic) bond motifs is 1. The molecule has 178 valence electrons. The second-order valence-corrected chi connectivity index (χ2v) is 8.60. The molecule has 2 aromatic carbocycles. The molecule has 0 aliphatic heterocycles. The number of hydrogen-bond acceptors (Lipinski definition) is 4. The van der Waals surface area contributed by atoms with Crippen LogP contribution >= 0.6 is 11.6 Å². The summed E-state index contributed by atoms with van der Waals surface area (Å²) in [6.07, 6.45) is -0.0141. The molecule has 0 spiro atoms. The maximum atomic E-state index is 13.6. The summed E-state index contributed by atoms with van der Waals surface area (Å²) in [7, 11) is 0. The maximum absolute atomic E-state index is 13.6. The van der Waals surface area contributed by atoms with Gasteiger partial charge in [-0.05, 0) is 35.8 Å². The molecule has 1 unspecified atom stereocenters.